The van der Waals surface area contributed by atoms with Crippen LogP contribution in [0.25, 0.3) is 0 Å². The lowest BCUT2D eigenvalue weighted by molar-refractivity contribution is -0.146. The van der Waals surface area contributed by atoms with Gasteiger partial charge in [-0.2, -0.15) is 0 Å². The highest BCUT2D eigenvalue weighted by Crippen LogP contribution is 2.43. The molecule has 1 aromatic carbocycles. The molecule has 3 saturated heterocycles. The van der Waals surface area contributed by atoms with E-state index in [-0.39, 0.29) is 87.6 Å². The van der Waals surface area contributed by atoms with Crippen LogP contribution in [0.5, 0.6) is 0 Å². The maximum absolute atomic E-state index is 14.0. The molecule has 1 spiro atoms. The van der Waals surface area contributed by atoms with Crippen LogP contribution in [0.2, 0.25) is 0 Å². The van der Waals surface area contributed by atoms with Crippen molar-refractivity contribution in [3.63, 3.8) is 0 Å². The Hall–Kier alpha value is -6.77. The minimum absolute atomic E-state index is 0.0185. The molecule has 0 aliphatic carbocycles. The number of nitrogens with two attached hydrogens (primary N) is 3. The SMILES string of the molecule is CC(=O)N[C@@H](CCCCN)C(=O)N[C@H](C(=O)N[C@@H](CCCN)C(=O)N(C(N)=O)c1ccc(COC(=O)NNC(=O)C[C@@H]2C[C@@]3(CO3)[C@H](O)[C@@H](/C=C/C(C)=C/C[C@@H]3O[C@H](C)[C@H](NC(=O)/C=C\[C@H](C)OC(C)=O)C[C@@H]3C)O2)cc1)C(C)C. The van der Waals surface area contributed by atoms with Gasteiger partial charge in [0.25, 0.3) is 5.91 Å². The van der Waals surface area contributed by atoms with Crippen molar-refractivity contribution in [2.45, 2.75) is 186 Å². The van der Waals surface area contributed by atoms with Crippen molar-refractivity contribution in [3.8, 4) is 0 Å². The molecule has 80 heavy (non-hydrogen) atoms. The van der Waals surface area contributed by atoms with Crippen LogP contribution in [0, 0.1) is 11.8 Å². The lowest BCUT2D eigenvalue weighted by Crippen LogP contribution is -2.59. The number of allylic oxidation sites excluding steroid dienone is 2. The minimum Gasteiger partial charge on any atom is -0.459 e. The average molecular weight is 1130 g/mol. The summed E-state index contributed by atoms with van der Waals surface area (Å²) in [5, 5.41) is 22.1. The largest absolute Gasteiger partial charge is 0.459 e. The summed E-state index contributed by atoms with van der Waals surface area (Å²) in [6.07, 6.45) is 7.16. The number of esters is 1. The smallest absolute Gasteiger partial charge is 0.426 e. The summed E-state index contributed by atoms with van der Waals surface area (Å²) in [6.45, 7) is 14.0. The number of epoxide rings is 1. The number of nitrogens with zero attached hydrogens (tertiary/aromatic N) is 1. The Labute approximate surface area is 467 Å². The van der Waals surface area contributed by atoms with Crippen LogP contribution in [-0.4, -0.2) is 145 Å². The van der Waals surface area contributed by atoms with Gasteiger partial charge in [0, 0.05) is 26.3 Å². The van der Waals surface area contributed by atoms with Crippen molar-refractivity contribution in [2.24, 2.45) is 29.0 Å². The standard InChI is InChI=1S/C55H84N10O15/c1-31(2)48(62-50(71)41(59-36(7)66)12-9-10-24-56)51(72)61-42(13-11-25-57)52(73)65(53(58)74)39-19-17-38(18-20-39)29-76-54(75)64-63-47(69)27-40-28-55(30-77-55)49(70)45(80-40)22-15-32(3)14-21-44-33(4)26-43(35(6)79-44)60-46(68)23-16-34(5)78-37(8)67/h14-20,22-23,31,33-35,40-45,48-49,70H,9-13,21,24-30,56-57H2,1-8H3,(H2,58,74)(H,59,66)(H,60,68)(H,61,72)(H,62,71)(H,63,69)(H,64,75)/b22-15+,23-16-,32-14+/t33-,34-,35+,40+,41-,42-,43+,44-,45+,48-,49+,55+/m0/s1. The van der Waals surface area contributed by atoms with Gasteiger partial charge in [-0.15, -0.1) is 0 Å². The Balaban J connectivity index is 1.27. The second-order valence-electron chi connectivity index (χ2n) is 21.0. The van der Waals surface area contributed by atoms with Crippen LogP contribution in [-0.2, 0) is 63.9 Å². The number of rotatable bonds is 27. The van der Waals surface area contributed by atoms with E-state index < -0.39 is 102 Å². The lowest BCUT2D eigenvalue weighted by Gasteiger charge is -2.39. The first-order chi connectivity index (χ1) is 37.9. The first-order valence-electron chi connectivity index (χ1n) is 27.2. The number of ether oxygens (including phenoxy) is 5. The average Bonchev–Trinajstić information content (AvgIpc) is 4.37. The molecule has 0 unspecified atom stereocenters. The Morgan fingerprint density at radius 3 is 2.15 bits per heavy atom. The first-order valence-corrected chi connectivity index (χ1v) is 27.2. The van der Waals surface area contributed by atoms with Crippen LogP contribution in [0.15, 0.2) is 60.2 Å². The molecule has 3 heterocycles. The van der Waals surface area contributed by atoms with Gasteiger partial charge < -0.3 is 67.3 Å². The van der Waals surface area contributed by atoms with Crippen LogP contribution >= 0.6 is 0 Å². The van der Waals surface area contributed by atoms with Gasteiger partial charge >= 0.3 is 18.1 Å². The highest BCUT2D eigenvalue weighted by Gasteiger charge is 2.58. The van der Waals surface area contributed by atoms with E-state index in [0.29, 0.717) is 42.7 Å². The van der Waals surface area contributed by atoms with E-state index in [1.807, 2.05) is 26.0 Å². The van der Waals surface area contributed by atoms with Crippen LogP contribution in [0.3, 0.4) is 0 Å². The molecule has 3 fully saturated rings. The van der Waals surface area contributed by atoms with E-state index in [1.54, 1.807) is 26.8 Å². The second kappa shape index (κ2) is 31.9. The van der Waals surface area contributed by atoms with E-state index in [1.165, 1.54) is 50.3 Å². The van der Waals surface area contributed by atoms with Gasteiger partial charge in [0.15, 0.2) is 0 Å². The Kier molecular flexibility index (Phi) is 26.2. The molecule has 0 saturated carbocycles. The highest BCUT2D eigenvalue weighted by atomic mass is 16.6. The number of urea groups is 1. The fraction of sp³-hybridized carbons (Fsp3) is 0.618. The van der Waals surface area contributed by atoms with E-state index in [4.69, 9.17) is 40.9 Å². The van der Waals surface area contributed by atoms with Crippen molar-refractivity contribution in [3.05, 3.63) is 65.8 Å². The minimum atomic E-state index is -1.30. The molecular weight excluding hydrogens is 1040 g/mol. The molecule has 25 nitrogen and oxygen atoms in total. The number of unbranched alkanes of at least 4 members (excludes halogenated alkanes) is 1. The number of carbonyl (C=O) groups is 9. The number of amides is 9. The normalized spacial score (nSPS) is 24.2. The van der Waals surface area contributed by atoms with Gasteiger partial charge in [-0.1, -0.05) is 56.7 Å². The molecule has 4 rings (SSSR count). The zero-order valence-electron chi connectivity index (χ0n) is 47.2. The molecule has 444 valence electrons. The van der Waals surface area contributed by atoms with Crippen LogP contribution in [0.4, 0.5) is 15.3 Å². The van der Waals surface area contributed by atoms with E-state index in [0.717, 1.165) is 5.57 Å². The summed E-state index contributed by atoms with van der Waals surface area (Å²) in [4.78, 5) is 116. The van der Waals surface area contributed by atoms with E-state index in [9.17, 15) is 48.3 Å². The zero-order valence-corrected chi connectivity index (χ0v) is 47.2. The number of hydrogen-bond donors (Lipinski definition) is 10. The number of hydrazine groups is 1. The van der Waals surface area contributed by atoms with Crippen molar-refractivity contribution < 1.29 is 71.9 Å². The van der Waals surface area contributed by atoms with Gasteiger partial charge in [-0.25, -0.2) is 19.9 Å². The topological polar surface area (TPSA) is 377 Å². The number of carbonyl (C=O) groups excluding carboxylic acids is 9. The van der Waals surface area contributed by atoms with E-state index >= 15 is 0 Å². The Morgan fingerprint density at radius 1 is 0.863 bits per heavy atom. The first kappa shape index (κ1) is 65.7. The van der Waals surface area contributed by atoms with Crippen molar-refractivity contribution in [1.29, 1.82) is 0 Å². The fourth-order valence-corrected chi connectivity index (χ4v) is 9.35. The molecule has 0 aromatic heterocycles. The summed E-state index contributed by atoms with van der Waals surface area (Å²) < 4.78 is 28.4. The molecular formula is C55H84N10O15. The molecule has 13 N–H and O–H groups in total. The summed E-state index contributed by atoms with van der Waals surface area (Å²) in [7, 11) is 0. The summed E-state index contributed by atoms with van der Waals surface area (Å²) in [5.41, 5.74) is 22.0. The van der Waals surface area contributed by atoms with Crippen LogP contribution < -0.4 is 54.2 Å². The maximum Gasteiger partial charge on any atom is 0.426 e. The van der Waals surface area contributed by atoms with Gasteiger partial charge in [-0.3, -0.25) is 39.0 Å². The number of benzene rings is 1. The number of primary amides is 1. The van der Waals surface area contributed by atoms with Crippen molar-refractivity contribution in [2.75, 3.05) is 24.6 Å². The third-order valence-corrected chi connectivity index (χ3v) is 13.8. The second-order valence-corrected chi connectivity index (χ2v) is 21.0. The maximum atomic E-state index is 14.0. The molecule has 3 aliphatic rings. The number of aliphatic hydroxyl groups is 1. The third-order valence-electron chi connectivity index (χ3n) is 13.8. The summed E-state index contributed by atoms with van der Waals surface area (Å²) in [5.74, 6) is -4.29. The number of aliphatic hydroxyl groups excluding tert-OH is 1. The molecule has 3 aliphatic heterocycles. The van der Waals surface area contributed by atoms with Gasteiger partial charge in [0.2, 0.25) is 29.5 Å². The van der Waals surface area contributed by atoms with Gasteiger partial charge in [0.05, 0.1) is 43.1 Å². The predicted molar refractivity (Wildman–Crippen MR) is 293 cm³/mol. The van der Waals surface area contributed by atoms with E-state index in [2.05, 4.69) is 39.0 Å². The van der Waals surface area contributed by atoms with Gasteiger partial charge in [-0.05, 0) is 114 Å². The molecule has 0 bridgehead atoms. The molecule has 1 aromatic rings. The summed E-state index contributed by atoms with van der Waals surface area (Å²) >= 11 is 0. The number of anilines is 1. The number of imide groups is 1. The number of nitrogens with one attached hydrogen (secondary N) is 6. The number of hydrogen-bond acceptors (Lipinski definition) is 17. The predicted octanol–water partition coefficient (Wildman–Crippen LogP) is 1.73. The molecule has 12 atom stereocenters. The van der Waals surface area contributed by atoms with Gasteiger partial charge in [0.1, 0.15) is 48.6 Å². The molecule has 9 amide bonds. The highest BCUT2D eigenvalue weighted by molar-refractivity contribution is 6.16. The monoisotopic (exact) mass is 1120 g/mol. The van der Waals surface area contributed by atoms with Crippen molar-refractivity contribution in [1.82, 2.24) is 32.1 Å². The fourth-order valence-electron chi connectivity index (χ4n) is 9.35. The quantitative estimate of drug-likeness (QED) is 0.0150. The summed E-state index contributed by atoms with van der Waals surface area (Å²) in [6, 6.07) is 0.999. The zero-order chi connectivity index (χ0) is 59.3. The van der Waals surface area contributed by atoms with Crippen LogP contribution in [0.1, 0.15) is 119 Å². The lowest BCUT2D eigenvalue weighted by atomic mass is 9.87. The molecule has 0 radical (unpaired) electrons. The molecule has 25 heteroatoms. The third kappa shape index (κ3) is 21.0. The van der Waals surface area contributed by atoms with Crippen molar-refractivity contribution >= 4 is 59.2 Å². The Morgan fingerprint density at radius 2 is 1.54 bits per heavy atom. The Bertz CT molecular complexity index is 2400.